The Bertz CT molecular complexity index is 801. The maximum atomic E-state index is 5.48. The van der Waals surface area contributed by atoms with E-state index in [4.69, 9.17) is 4.52 Å². The van der Waals surface area contributed by atoms with E-state index >= 15 is 0 Å². The van der Waals surface area contributed by atoms with Crippen molar-refractivity contribution in [2.24, 2.45) is 5.92 Å². The van der Waals surface area contributed by atoms with E-state index in [0.717, 1.165) is 31.0 Å². The summed E-state index contributed by atoms with van der Waals surface area (Å²) in [6.07, 6.45) is 6.16. The SMILES string of the molecule is c1ccc(CCCC2CCCN(c3noc(-c4ccccc4)n3)C2)cc1. The molecular weight excluding hydrogens is 322 g/mol. The molecule has 1 aliphatic rings. The van der Waals surface area contributed by atoms with Gasteiger partial charge in [-0.15, -0.1) is 0 Å². The molecule has 2 aromatic carbocycles. The molecule has 2 heterocycles. The Hall–Kier alpha value is -2.62. The van der Waals surface area contributed by atoms with Crippen molar-refractivity contribution >= 4 is 5.95 Å². The Morgan fingerprint density at radius 3 is 2.58 bits per heavy atom. The molecule has 0 aliphatic carbocycles. The minimum atomic E-state index is 0.604. The molecule has 1 aromatic heterocycles. The third-order valence-electron chi connectivity index (χ3n) is 5.16. The van der Waals surface area contributed by atoms with Gasteiger partial charge in [0.15, 0.2) is 0 Å². The van der Waals surface area contributed by atoms with Crippen LogP contribution in [0.4, 0.5) is 5.95 Å². The zero-order chi connectivity index (χ0) is 17.6. The van der Waals surface area contributed by atoms with Crippen molar-refractivity contribution < 1.29 is 4.52 Å². The van der Waals surface area contributed by atoms with Gasteiger partial charge in [0, 0.05) is 18.7 Å². The molecule has 26 heavy (non-hydrogen) atoms. The van der Waals surface area contributed by atoms with E-state index in [1.807, 2.05) is 30.3 Å². The van der Waals surface area contributed by atoms with Crippen LogP contribution in [0.15, 0.2) is 65.2 Å². The first-order valence-corrected chi connectivity index (χ1v) is 9.56. The van der Waals surface area contributed by atoms with Gasteiger partial charge in [-0.05, 0) is 60.9 Å². The molecule has 4 nitrogen and oxygen atoms in total. The molecule has 0 saturated carbocycles. The molecule has 4 rings (SSSR count). The summed E-state index contributed by atoms with van der Waals surface area (Å²) in [7, 11) is 0. The van der Waals surface area contributed by atoms with E-state index in [0.29, 0.717) is 11.8 Å². The van der Waals surface area contributed by atoms with Crippen molar-refractivity contribution in [3.05, 3.63) is 66.2 Å². The van der Waals surface area contributed by atoms with Crippen molar-refractivity contribution in [3.63, 3.8) is 0 Å². The van der Waals surface area contributed by atoms with Gasteiger partial charge in [-0.3, -0.25) is 0 Å². The molecule has 0 N–H and O–H groups in total. The van der Waals surface area contributed by atoms with Crippen molar-refractivity contribution in [1.29, 1.82) is 0 Å². The van der Waals surface area contributed by atoms with E-state index < -0.39 is 0 Å². The summed E-state index contributed by atoms with van der Waals surface area (Å²) in [4.78, 5) is 6.90. The Balaban J connectivity index is 1.33. The summed E-state index contributed by atoms with van der Waals surface area (Å²) in [5, 5.41) is 4.22. The van der Waals surface area contributed by atoms with Crippen LogP contribution in [0.25, 0.3) is 11.5 Å². The molecule has 0 amide bonds. The minimum absolute atomic E-state index is 0.604. The lowest BCUT2D eigenvalue weighted by atomic mass is 9.92. The summed E-state index contributed by atoms with van der Waals surface area (Å²) in [5.74, 6) is 2.05. The molecule has 134 valence electrons. The number of aryl methyl sites for hydroxylation is 1. The first-order valence-electron chi connectivity index (χ1n) is 9.56. The first kappa shape index (κ1) is 16.8. The quantitative estimate of drug-likeness (QED) is 0.631. The minimum Gasteiger partial charge on any atom is -0.338 e. The average Bonchev–Trinajstić information content (AvgIpc) is 3.20. The average molecular weight is 347 g/mol. The van der Waals surface area contributed by atoms with E-state index in [1.54, 1.807) is 0 Å². The number of aromatic nitrogens is 2. The van der Waals surface area contributed by atoms with Crippen LogP contribution in [0.2, 0.25) is 0 Å². The van der Waals surface area contributed by atoms with E-state index in [-0.39, 0.29) is 0 Å². The molecule has 1 fully saturated rings. The fraction of sp³-hybridized carbons (Fsp3) is 0.364. The van der Waals surface area contributed by atoms with Crippen molar-refractivity contribution in [3.8, 4) is 11.5 Å². The van der Waals surface area contributed by atoms with E-state index in [1.165, 1.54) is 31.2 Å². The van der Waals surface area contributed by atoms with Gasteiger partial charge in [-0.2, -0.15) is 4.98 Å². The summed E-state index contributed by atoms with van der Waals surface area (Å²) in [5.41, 5.74) is 2.41. The molecule has 0 radical (unpaired) electrons. The van der Waals surface area contributed by atoms with Crippen LogP contribution < -0.4 is 4.90 Å². The highest BCUT2D eigenvalue weighted by Gasteiger charge is 2.23. The largest absolute Gasteiger partial charge is 0.338 e. The zero-order valence-electron chi connectivity index (χ0n) is 15.1. The number of piperidine rings is 1. The van der Waals surface area contributed by atoms with Crippen molar-refractivity contribution in [2.45, 2.75) is 32.1 Å². The topological polar surface area (TPSA) is 42.2 Å². The molecule has 1 atom stereocenters. The number of hydrogen-bond acceptors (Lipinski definition) is 4. The lowest BCUT2D eigenvalue weighted by Crippen LogP contribution is -2.36. The van der Waals surface area contributed by atoms with Crippen LogP contribution in [-0.2, 0) is 6.42 Å². The maximum absolute atomic E-state index is 5.48. The molecule has 3 aromatic rings. The van der Waals surface area contributed by atoms with Crippen LogP contribution in [0.3, 0.4) is 0 Å². The Morgan fingerprint density at radius 2 is 1.77 bits per heavy atom. The second-order valence-electron chi connectivity index (χ2n) is 7.10. The number of hydrogen-bond donors (Lipinski definition) is 0. The van der Waals surface area contributed by atoms with Gasteiger partial charge in [-0.1, -0.05) is 48.5 Å². The highest BCUT2D eigenvalue weighted by atomic mass is 16.5. The van der Waals surface area contributed by atoms with E-state index in [2.05, 4.69) is 45.4 Å². The standard InChI is InChI=1S/C22H25N3O/c1-3-9-18(10-4-1)11-7-12-19-13-8-16-25(17-19)22-23-21(26-24-22)20-14-5-2-6-15-20/h1-6,9-10,14-15,19H,7-8,11-13,16-17H2. The van der Waals surface area contributed by atoms with Crippen molar-refractivity contribution in [1.82, 2.24) is 10.1 Å². The summed E-state index contributed by atoms with van der Waals surface area (Å²) >= 11 is 0. The lowest BCUT2D eigenvalue weighted by Gasteiger charge is -2.31. The Labute approximate surface area is 154 Å². The second-order valence-corrected chi connectivity index (χ2v) is 7.10. The smallest absolute Gasteiger partial charge is 0.266 e. The third kappa shape index (κ3) is 4.13. The molecule has 0 bridgehead atoms. The van der Waals surface area contributed by atoms with Crippen LogP contribution in [0, 0.1) is 5.92 Å². The monoisotopic (exact) mass is 347 g/mol. The van der Waals surface area contributed by atoms with Gasteiger partial charge in [0.2, 0.25) is 0 Å². The number of nitrogens with zero attached hydrogens (tertiary/aromatic N) is 3. The maximum Gasteiger partial charge on any atom is 0.266 e. The predicted octanol–water partition coefficient (Wildman–Crippen LogP) is 4.98. The second kappa shape index (κ2) is 8.17. The highest BCUT2D eigenvalue weighted by molar-refractivity contribution is 5.54. The van der Waals surface area contributed by atoms with Gasteiger partial charge >= 0.3 is 0 Å². The van der Waals surface area contributed by atoms with Crippen molar-refractivity contribution in [2.75, 3.05) is 18.0 Å². The molecule has 1 aliphatic heterocycles. The van der Waals surface area contributed by atoms with Gasteiger partial charge < -0.3 is 9.42 Å². The van der Waals surface area contributed by atoms with Gasteiger partial charge in [0.1, 0.15) is 0 Å². The van der Waals surface area contributed by atoms with Crippen LogP contribution >= 0.6 is 0 Å². The predicted molar refractivity (Wildman–Crippen MR) is 104 cm³/mol. The Kier molecular flexibility index (Phi) is 5.29. The fourth-order valence-electron chi connectivity index (χ4n) is 3.76. The van der Waals surface area contributed by atoms with E-state index in [9.17, 15) is 0 Å². The third-order valence-corrected chi connectivity index (χ3v) is 5.16. The fourth-order valence-corrected chi connectivity index (χ4v) is 3.76. The van der Waals surface area contributed by atoms with Gasteiger partial charge in [0.05, 0.1) is 0 Å². The number of benzene rings is 2. The summed E-state index contributed by atoms with van der Waals surface area (Å²) in [6, 6.07) is 20.7. The summed E-state index contributed by atoms with van der Waals surface area (Å²) in [6.45, 7) is 2.05. The van der Waals surface area contributed by atoms with Gasteiger partial charge in [-0.25, -0.2) is 0 Å². The number of anilines is 1. The van der Waals surface area contributed by atoms with Gasteiger partial charge in [0.25, 0.3) is 11.8 Å². The molecule has 1 unspecified atom stereocenters. The molecule has 0 spiro atoms. The normalized spacial score (nSPS) is 17.4. The molecular formula is C22H25N3O. The first-order chi connectivity index (χ1) is 12.9. The zero-order valence-corrected chi connectivity index (χ0v) is 15.1. The van der Waals surface area contributed by atoms with Crippen LogP contribution in [0.1, 0.15) is 31.2 Å². The number of rotatable bonds is 6. The molecule has 1 saturated heterocycles. The van der Waals surface area contributed by atoms with Crippen LogP contribution in [-0.4, -0.2) is 23.2 Å². The summed E-state index contributed by atoms with van der Waals surface area (Å²) < 4.78 is 5.48. The van der Waals surface area contributed by atoms with Crippen LogP contribution in [0.5, 0.6) is 0 Å². The highest BCUT2D eigenvalue weighted by Crippen LogP contribution is 2.26. The lowest BCUT2D eigenvalue weighted by molar-refractivity contribution is 0.373. The Morgan fingerprint density at radius 1 is 1.00 bits per heavy atom. The molecule has 4 heteroatoms.